The quantitative estimate of drug-likeness (QED) is 0.164. The van der Waals surface area contributed by atoms with E-state index in [1.807, 2.05) is 0 Å². The topological polar surface area (TPSA) is 0 Å². The third kappa shape index (κ3) is 3.12. The van der Waals surface area contributed by atoms with E-state index in [1.54, 1.807) is 0 Å². The molecule has 10 rings (SSSR count). The predicted molar refractivity (Wildman–Crippen MR) is 185 cm³/mol. The minimum Gasteiger partial charge on any atom is -0.0616 e. The molecule has 202 valence electrons. The van der Waals surface area contributed by atoms with Crippen LogP contribution in [-0.4, -0.2) is 0 Å². The number of fused-ring (bicyclic) bond motifs is 9. The molecule has 0 heteroatoms. The molecule has 2 aliphatic rings. The molecule has 0 heterocycles. The van der Waals surface area contributed by atoms with E-state index in [9.17, 15) is 0 Å². The average Bonchev–Trinajstić information content (AvgIpc) is 3.59. The van der Waals surface area contributed by atoms with E-state index < -0.39 is 0 Å². The van der Waals surface area contributed by atoms with Crippen molar-refractivity contribution >= 4 is 43.5 Å². The first-order chi connectivity index (χ1) is 21.9. The summed E-state index contributed by atoms with van der Waals surface area (Å²) in [6.07, 6.45) is 0. The molecule has 0 saturated heterocycles. The summed E-state index contributed by atoms with van der Waals surface area (Å²) >= 11 is 0. The van der Waals surface area contributed by atoms with E-state index in [-0.39, 0.29) is 0 Å². The summed E-state index contributed by atoms with van der Waals surface area (Å²) in [7, 11) is 0. The number of hydrogen-bond acceptors (Lipinski definition) is 0. The van der Waals surface area contributed by atoms with Crippen LogP contribution >= 0.6 is 0 Å². The standard InChI is InChI=1S/C44H26/c1-2-14-28-26-40-39(25-27(28)13-1)43(41-33-19-7-3-15-29(33)30-16-4-8-20-34(30)41)37-23-11-12-24-38(37)44(40)42-35-21-9-5-17-31(35)32-18-6-10-22-36(32)42/h1-26H. The van der Waals surface area contributed by atoms with Crippen molar-refractivity contribution in [3.05, 3.63) is 190 Å². The number of benzene rings is 8. The highest BCUT2D eigenvalue weighted by Crippen LogP contribution is 2.45. The van der Waals surface area contributed by atoms with Crippen LogP contribution in [0.15, 0.2) is 158 Å². The van der Waals surface area contributed by atoms with Gasteiger partial charge < -0.3 is 0 Å². The molecule has 0 unspecified atom stereocenters. The highest BCUT2D eigenvalue weighted by Gasteiger charge is 2.27. The zero-order valence-corrected chi connectivity index (χ0v) is 24.0. The van der Waals surface area contributed by atoms with E-state index in [2.05, 4.69) is 158 Å². The van der Waals surface area contributed by atoms with E-state index in [0.29, 0.717) is 0 Å². The lowest BCUT2D eigenvalue weighted by Crippen LogP contribution is -2.20. The Morgan fingerprint density at radius 1 is 0.227 bits per heavy atom. The lowest BCUT2D eigenvalue weighted by Gasteiger charge is -2.15. The fraction of sp³-hybridized carbons (Fsp3) is 0. The van der Waals surface area contributed by atoms with Gasteiger partial charge in [-0.2, -0.15) is 0 Å². The Labute approximate surface area is 255 Å². The maximum atomic E-state index is 2.44. The molecule has 0 amide bonds. The fourth-order valence-corrected chi connectivity index (χ4v) is 7.97. The molecule has 2 aliphatic carbocycles. The molecule has 0 atom stereocenters. The van der Waals surface area contributed by atoms with E-state index in [0.717, 1.165) is 0 Å². The van der Waals surface area contributed by atoms with Crippen LogP contribution in [0.25, 0.3) is 65.7 Å². The molecule has 44 heavy (non-hydrogen) atoms. The van der Waals surface area contributed by atoms with Crippen LogP contribution in [0.3, 0.4) is 0 Å². The van der Waals surface area contributed by atoms with Gasteiger partial charge in [-0.25, -0.2) is 0 Å². The minimum absolute atomic E-state index is 1.26. The van der Waals surface area contributed by atoms with Crippen molar-refractivity contribution < 1.29 is 0 Å². The van der Waals surface area contributed by atoms with Crippen molar-refractivity contribution in [2.75, 3.05) is 0 Å². The molecule has 0 aliphatic heterocycles. The molecule has 8 aromatic rings. The molecular weight excluding hydrogens is 528 g/mol. The van der Waals surface area contributed by atoms with Gasteiger partial charge in [0.05, 0.1) is 0 Å². The van der Waals surface area contributed by atoms with Crippen LogP contribution in [-0.2, 0) is 0 Å². The maximum absolute atomic E-state index is 2.44. The summed E-state index contributed by atoms with van der Waals surface area (Å²) in [6.45, 7) is 0. The minimum atomic E-state index is 1.26. The second-order valence-electron chi connectivity index (χ2n) is 12.0. The Morgan fingerprint density at radius 3 is 0.841 bits per heavy atom. The van der Waals surface area contributed by atoms with Crippen molar-refractivity contribution in [2.45, 2.75) is 0 Å². The zero-order chi connectivity index (χ0) is 28.8. The Morgan fingerprint density at radius 2 is 0.500 bits per heavy atom. The lowest BCUT2D eigenvalue weighted by atomic mass is 9.87. The molecule has 0 saturated carbocycles. The first-order valence-corrected chi connectivity index (χ1v) is 15.4. The predicted octanol–water partition coefficient (Wildman–Crippen LogP) is 9.60. The molecule has 0 bridgehead atoms. The van der Waals surface area contributed by atoms with Gasteiger partial charge in [0, 0.05) is 0 Å². The van der Waals surface area contributed by atoms with Gasteiger partial charge in [0.15, 0.2) is 0 Å². The summed E-state index contributed by atoms with van der Waals surface area (Å²) in [5.74, 6) is 0. The highest BCUT2D eigenvalue weighted by molar-refractivity contribution is 6.14. The normalized spacial score (nSPS) is 12.9. The third-order valence-electron chi connectivity index (χ3n) is 9.76. The molecule has 0 N–H and O–H groups in total. The van der Waals surface area contributed by atoms with Crippen LogP contribution in [0.1, 0.15) is 22.3 Å². The van der Waals surface area contributed by atoms with E-state index in [4.69, 9.17) is 0 Å². The monoisotopic (exact) mass is 554 g/mol. The van der Waals surface area contributed by atoms with Gasteiger partial charge in [-0.05, 0) is 111 Å². The van der Waals surface area contributed by atoms with Gasteiger partial charge in [-0.1, -0.05) is 146 Å². The molecule has 0 spiro atoms. The van der Waals surface area contributed by atoms with Crippen LogP contribution in [0, 0.1) is 0 Å². The summed E-state index contributed by atoms with van der Waals surface area (Å²) < 4.78 is 0. The van der Waals surface area contributed by atoms with Crippen LogP contribution in [0.2, 0.25) is 0 Å². The van der Waals surface area contributed by atoms with Crippen molar-refractivity contribution in [3.8, 4) is 22.3 Å². The molecular formula is C44H26. The van der Waals surface area contributed by atoms with Gasteiger partial charge in [-0.3, -0.25) is 0 Å². The maximum Gasteiger partial charge on any atom is -0.00137 e. The molecule has 0 fully saturated rings. The lowest BCUT2D eigenvalue weighted by molar-refractivity contribution is 1.59. The van der Waals surface area contributed by atoms with Crippen LogP contribution < -0.4 is 10.4 Å². The second kappa shape index (κ2) is 8.89. The first-order valence-electron chi connectivity index (χ1n) is 15.4. The molecule has 0 radical (unpaired) electrons. The van der Waals surface area contributed by atoms with Gasteiger partial charge in [0.2, 0.25) is 0 Å². The van der Waals surface area contributed by atoms with Crippen LogP contribution in [0.4, 0.5) is 0 Å². The van der Waals surface area contributed by atoms with Crippen molar-refractivity contribution in [1.82, 2.24) is 0 Å². The highest BCUT2D eigenvalue weighted by atomic mass is 14.3. The third-order valence-corrected chi connectivity index (χ3v) is 9.76. The van der Waals surface area contributed by atoms with E-state index >= 15 is 0 Å². The Balaban J connectivity index is 1.55. The largest absolute Gasteiger partial charge is 0.0616 e. The SMILES string of the molecule is c1ccc2c(c1)C(=c1c3ccccc3c(=C3c4ccccc4-c4ccccc43)c3cc4ccccc4cc13)c1ccccc1-2. The van der Waals surface area contributed by atoms with Crippen LogP contribution in [0.5, 0.6) is 0 Å². The van der Waals surface area contributed by atoms with Crippen molar-refractivity contribution in [1.29, 1.82) is 0 Å². The molecule has 8 aromatic carbocycles. The zero-order valence-electron chi connectivity index (χ0n) is 24.0. The van der Waals surface area contributed by atoms with Gasteiger partial charge >= 0.3 is 0 Å². The number of rotatable bonds is 0. The van der Waals surface area contributed by atoms with Gasteiger partial charge in [-0.15, -0.1) is 0 Å². The van der Waals surface area contributed by atoms with Gasteiger partial charge in [0.25, 0.3) is 0 Å². The average molecular weight is 555 g/mol. The number of hydrogen-bond donors (Lipinski definition) is 0. The Bertz CT molecular complexity index is 2370. The Kier molecular flexibility index (Phi) is 4.81. The summed E-state index contributed by atoms with van der Waals surface area (Å²) in [5.41, 5.74) is 13.2. The van der Waals surface area contributed by atoms with Crippen molar-refractivity contribution in [3.63, 3.8) is 0 Å². The Hall–Kier alpha value is -5.72. The molecule has 0 nitrogen and oxygen atoms in total. The smallest absolute Gasteiger partial charge is 0.00137 e. The summed E-state index contributed by atoms with van der Waals surface area (Å²) in [5, 5.41) is 10.4. The summed E-state index contributed by atoms with van der Waals surface area (Å²) in [4.78, 5) is 0. The molecule has 0 aromatic heterocycles. The van der Waals surface area contributed by atoms with Crippen molar-refractivity contribution in [2.24, 2.45) is 0 Å². The first kappa shape index (κ1) is 23.8. The fourth-order valence-electron chi connectivity index (χ4n) is 7.97. The summed E-state index contributed by atoms with van der Waals surface area (Å²) in [6, 6.07) is 58.5. The van der Waals surface area contributed by atoms with Gasteiger partial charge in [0.1, 0.15) is 0 Å². The van der Waals surface area contributed by atoms with E-state index in [1.165, 1.54) is 98.4 Å². The second-order valence-corrected chi connectivity index (χ2v) is 12.0.